The summed E-state index contributed by atoms with van der Waals surface area (Å²) in [4.78, 5) is 30.5. The van der Waals surface area contributed by atoms with E-state index in [9.17, 15) is 9.59 Å². The Kier molecular flexibility index (Phi) is 6.74. The highest BCUT2D eigenvalue weighted by molar-refractivity contribution is 7.99. The van der Waals surface area contributed by atoms with Crippen molar-refractivity contribution in [2.24, 2.45) is 0 Å². The van der Waals surface area contributed by atoms with Crippen LogP contribution < -0.4 is 10.9 Å². The van der Waals surface area contributed by atoms with Gasteiger partial charge in [0.2, 0.25) is 5.91 Å². The zero-order valence-electron chi connectivity index (χ0n) is 18.6. The van der Waals surface area contributed by atoms with Gasteiger partial charge in [-0.2, -0.15) is 0 Å². The van der Waals surface area contributed by atoms with E-state index in [0.717, 1.165) is 29.7 Å². The van der Waals surface area contributed by atoms with Gasteiger partial charge in [0.05, 0.1) is 29.3 Å². The molecule has 3 aromatic carbocycles. The highest BCUT2D eigenvalue weighted by Gasteiger charge is 2.20. The van der Waals surface area contributed by atoms with Gasteiger partial charge in [-0.15, -0.1) is 0 Å². The molecular weight excluding hydrogens is 446 g/mol. The van der Waals surface area contributed by atoms with Crippen molar-refractivity contribution in [3.05, 3.63) is 89.2 Å². The number of fused-ring (bicyclic) bond motifs is 1. The van der Waals surface area contributed by atoms with Crippen molar-refractivity contribution < 1.29 is 9.53 Å². The second kappa shape index (κ2) is 10.2. The molecule has 5 rings (SSSR count). The van der Waals surface area contributed by atoms with Crippen LogP contribution in [0.2, 0.25) is 0 Å². The van der Waals surface area contributed by atoms with Crippen LogP contribution >= 0.6 is 11.8 Å². The molecule has 1 saturated heterocycles. The van der Waals surface area contributed by atoms with Gasteiger partial charge in [-0.25, -0.2) is 4.98 Å². The van der Waals surface area contributed by atoms with E-state index >= 15 is 0 Å². The number of para-hydroxylation sites is 1. The molecular formula is C27H25N3O3S. The summed E-state index contributed by atoms with van der Waals surface area (Å²) >= 11 is 1.27. The average Bonchev–Trinajstić information content (AvgIpc) is 3.39. The van der Waals surface area contributed by atoms with Gasteiger partial charge in [-0.05, 0) is 48.2 Å². The minimum atomic E-state index is -0.150. The smallest absolute Gasteiger partial charge is 0.262 e. The fourth-order valence-electron chi connectivity index (χ4n) is 4.11. The summed E-state index contributed by atoms with van der Waals surface area (Å²) in [5.41, 5.74) is 3.48. The molecule has 0 bridgehead atoms. The molecule has 1 aromatic heterocycles. The molecule has 1 aliphatic rings. The normalized spacial score (nSPS) is 15.5. The van der Waals surface area contributed by atoms with Gasteiger partial charge in [-0.3, -0.25) is 14.2 Å². The number of thioether (sulfide) groups is 1. The second-order valence-corrected chi connectivity index (χ2v) is 9.19. The molecule has 0 saturated carbocycles. The van der Waals surface area contributed by atoms with E-state index in [2.05, 4.69) is 17.4 Å². The maximum absolute atomic E-state index is 13.2. The number of hydrogen-bond donors (Lipinski definition) is 1. The average molecular weight is 472 g/mol. The van der Waals surface area contributed by atoms with Gasteiger partial charge in [0.1, 0.15) is 0 Å². The quantitative estimate of drug-likeness (QED) is 0.304. The molecule has 7 heteroatoms. The third-order valence-electron chi connectivity index (χ3n) is 5.84. The molecule has 2 heterocycles. The molecule has 1 atom stereocenters. The summed E-state index contributed by atoms with van der Waals surface area (Å²) < 4.78 is 7.41. The van der Waals surface area contributed by atoms with Crippen LogP contribution in [0.1, 0.15) is 12.8 Å². The van der Waals surface area contributed by atoms with E-state index in [1.807, 2.05) is 60.7 Å². The van der Waals surface area contributed by atoms with Crippen LogP contribution in [0, 0.1) is 0 Å². The highest BCUT2D eigenvalue weighted by Crippen LogP contribution is 2.23. The van der Waals surface area contributed by atoms with Crippen LogP contribution in [0.5, 0.6) is 0 Å². The number of hydrogen-bond acceptors (Lipinski definition) is 5. The lowest BCUT2D eigenvalue weighted by molar-refractivity contribution is -0.113. The van der Waals surface area contributed by atoms with E-state index in [1.54, 1.807) is 10.6 Å². The molecule has 0 spiro atoms. The van der Waals surface area contributed by atoms with Gasteiger partial charge in [0, 0.05) is 12.3 Å². The number of carbonyl (C=O) groups is 1. The molecule has 1 unspecified atom stereocenters. The van der Waals surface area contributed by atoms with Gasteiger partial charge < -0.3 is 10.1 Å². The first-order chi connectivity index (χ1) is 16.7. The van der Waals surface area contributed by atoms with Crippen molar-refractivity contribution >= 4 is 34.3 Å². The van der Waals surface area contributed by atoms with Crippen LogP contribution in [0.25, 0.3) is 22.0 Å². The topological polar surface area (TPSA) is 73.2 Å². The zero-order valence-corrected chi connectivity index (χ0v) is 19.5. The lowest BCUT2D eigenvalue weighted by Crippen LogP contribution is -2.29. The van der Waals surface area contributed by atoms with Crippen molar-refractivity contribution in [3.63, 3.8) is 0 Å². The predicted octanol–water partition coefficient (Wildman–Crippen LogP) is 4.97. The van der Waals surface area contributed by atoms with E-state index in [-0.39, 0.29) is 23.3 Å². The maximum Gasteiger partial charge on any atom is 0.262 e. The molecule has 0 aliphatic carbocycles. The fourth-order valence-corrected chi connectivity index (χ4v) is 4.92. The van der Waals surface area contributed by atoms with Crippen LogP contribution in [0.3, 0.4) is 0 Å². The minimum Gasteiger partial charge on any atom is -0.376 e. The van der Waals surface area contributed by atoms with Gasteiger partial charge in [-0.1, -0.05) is 66.4 Å². The first-order valence-corrected chi connectivity index (χ1v) is 12.4. The highest BCUT2D eigenvalue weighted by atomic mass is 32.2. The Hall–Kier alpha value is -3.42. The van der Waals surface area contributed by atoms with Gasteiger partial charge >= 0.3 is 0 Å². The zero-order chi connectivity index (χ0) is 23.3. The number of carbonyl (C=O) groups excluding carboxylic acids is 1. The number of benzene rings is 3. The number of ether oxygens (including phenoxy) is 1. The molecule has 1 fully saturated rings. The lowest BCUT2D eigenvalue weighted by Gasteiger charge is -2.16. The van der Waals surface area contributed by atoms with Crippen molar-refractivity contribution in [1.29, 1.82) is 0 Å². The largest absolute Gasteiger partial charge is 0.376 e. The number of aromatic nitrogens is 2. The summed E-state index contributed by atoms with van der Waals surface area (Å²) in [5, 5.41) is 4.05. The summed E-state index contributed by atoms with van der Waals surface area (Å²) in [5.74, 6) is 0.0000398. The monoisotopic (exact) mass is 471 g/mol. The van der Waals surface area contributed by atoms with Crippen LogP contribution in [-0.4, -0.2) is 33.9 Å². The fraction of sp³-hybridized carbons (Fsp3) is 0.222. The Morgan fingerprint density at radius 3 is 2.50 bits per heavy atom. The van der Waals surface area contributed by atoms with Crippen molar-refractivity contribution in [2.45, 2.75) is 30.6 Å². The molecule has 1 N–H and O–H groups in total. The van der Waals surface area contributed by atoms with Crippen LogP contribution in [0.4, 0.5) is 5.69 Å². The molecule has 1 aliphatic heterocycles. The number of anilines is 1. The number of amides is 1. The Labute approximate surface area is 202 Å². The molecule has 34 heavy (non-hydrogen) atoms. The third kappa shape index (κ3) is 5.05. The summed E-state index contributed by atoms with van der Waals surface area (Å²) in [6.07, 6.45) is 1.91. The van der Waals surface area contributed by atoms with Crippen molar-refractivity contribution in [3.8, 4) is 11.1 Å². The Morgan fingerprint density at radius 1 is 1.00 bits per heavy atom. The molecule has 0 radical (unpaired) electrons. The summed E-state index contributed by atoms with van der Waals surface area (Å²) in [7, 11) is 0. The first-order valence-electron chi connectivity index (χ1n) is 11.4. The maximum atomic E-state index is 13.2. The number of rotatable bonds is 7. The van der Waals surface area contributed by atoms with Crippen LogP contribution in [0.15, 0.2) is 88.8 Å². The van der Waals surface area contributed by atoms with Crippen molar-refractivity contribution in [2.75, 3.05) is 17.7 Å². The SMILES string of the molecule is O=C(CSc1nc2ccccc2c(=O)n1CC1CCCO1)Nc1ccc(-c2ccccc2)cc1. The molecule has 6 nitrogen and oxygen atoms in total. The van der Waals surface area contributed by atoms with Crippen LogP contribution in [-0.2, 0) is 16.1 Å². The minimum absolute atomic E-state index is 0.00281. The third-order valence-corrected chi connectivity index (χ3v) is 6.82. The number of nitrogens with zero attached hydrogens (tertiary/aromatic N) is 2. The van der Waals surface area contributed by atoms with E-state index < -0.39 is 0 Å². The lowest BCUT2D eigenvalue weighted by atomic mass is 10.1. The number of nitrogens with one attached hydrogen (secondary N) is 1. The van der Waals surface area contributed by atoms with Crippen molar-refractivity contribution in [1.82, 2.24) is 9.55 Å². The molecule has 4 aromatic rings. The van der Waals surface area contributed by atoms with E-state index in [0.29, 0.717) is 29.2 Å². The Morgan fingerprint density at radius 2 is 1.74 bits per heavy atom. The van der Waals surface area contributed by atoms with E-state index in [1.165, 1.54) is 11.8 Å². The first kappa shape index (κ1) is 22.4. The summed E-state index contributed by atoms with van der Waals surface area (Å²) in [6, 6.07) is 25.2. The molecule has 172 valence electrons. The Balaban J connectivity index is 1.30. The summed E-state index contributed by atoms with van der Waals surface area (Å²) in [6.45, 7) is 1.16. The molecule has 1 amide bonds. The second-order valence-electron chi connectivity index (χ2n) is 8.24. The Bertz CT molecular complexity index is 1350. The van der Waals surface area contributed by atoms with Gasteiger partial charge in [0.25, 0.3) is 5.56 Å². The van der Waals surface area contributed by atoms with Gasteiger partial charge in [0.15, 0.2) is 5.16 Å². The predicted molar refractivity (Wildman–Crippen MR) is 136 cm³/mol. The van der Waals surface area contributed by atoms with E-state index in [4.69, 9.17) is 9.72 Å². The standard InChI is InChI=1S/C27H25N3O3S/c31-25(28-21-14-12-20(13-15-21)19-7-2-1-3-8-19)18-34-27-29-24-11-5-4-10-23(24)26(32)30(27)17-22-9-6-16-33-22/h1-5,7-8,10-15,22H,6,9,16-18H2,(H,28,31).